The highest BCUT2D eigenvalue weighted by atomic mass is 33.1. The van der Waals surface area contributed by atoms with Crippen molar-refractivity contribution in [1.29, 1.82) is 0 Å². The van der Waals surface area contributed by atoms with Crippen LogP contribution in [0, 0.1) is 5.92 Å². The molecule has 68 heavy (non-hydrogen) atoms. The minimum atomic E-state index is -1.31. The highest BCUT2D eigenvalue weighted by molar-refractivity contribution is 8.76. The van der Waals surface area contributed by atoms with E-state index in [1.54, 1.807) is 26.1 Å². The number of aliphatic carboxylic acids is 1. The number of carboxylic acids is 1. The van der Waals surface area contributed by atoms with E-state index in [9.17, 15) is 48.6 Å². The summed E-state index contributed by atoms with van der Waals surface area (Å²) < 4.78 is 0. The summed E-state index contributed by atoms with van der Waals surface area (Å²) in [7, 11) is 4.32. The van der Waals surface area contributed by atoms with Gasteiger partial charge in [-0.2, -0.15) is 0 Å². The fourth-order valence-electron chi connectivity index (χ4n) is 7.58. The number of nitrogens with zero attached hydrogens (tertiary/aromatic N) is 3. The van der Waals surface area contributed by atoms with Crippen molar-refractivity contribution >= 4 is 74.9 Å². The van der Waals surface area contributed by atoms with Gasteiger partial charge in [0.15, 0.2) is 5.96 Å². The van der Waals surface area contributed by atoms with Gasteiger partial charge in [0.1, 0.15) is 48.0 Å². The molecule has 3 heterocycles. The summed E-state index contributed by atoms with van der Waals surface area (Å²) in [5.74, 6) is -5.56. The quantitative estimate of drug-likeness (QED) is 0.0289. The number of aromatic amines is 1. The molecular formula is C43H65N13O10S2. The van der Waals surface area contributed by atoms with E-state index in [2.05, 4.69) is 52.2 Å². The molecule has 14 N–H and O–H groups in total. The summed E-state index contributed by atoms with van der Waals surface area (Å²) in [6, 6.07) is -2.22. The lowest BCUT2D eigenvalue weighted by molar-refractivity contribution is -0.146. The highest BCUT2D eigenvalue weighted by Crippen LogP contribution is 2.25. The molecule has 8 atom stereocenters. The summed E-state index contributed by atoms with van der Waals surface area (Å²) in [6.07, 6.45) is 4.64. The number of nitrogens with two attached hydrogens (primary N) is 2. The lowest BCUT2D eigenvalue weighted by Crippen LogP contribution is -2.60. The maximum absolute atomic E-state index is 14.4. The van der Waals surface area contributed by atoms with Crippen LogP contribution < -0.4 is 48.7 Å². The van der Waals surface area contributed by atoms with Gasteiger partial charge >= 0.3 is 5.97 Å². The van der Waals surface area contributed by atoms with Gasteiger partial charge < -0.3 is 68.8 Å². The van der Waals surface area contributed by atoms with E-state index in [0.29, 0.717) is 42.0 Å². The van der Waals surface area contributed by atoms with Crippen molar-refractivity contribution in [2.24, 2.45) is 22.4 Å². The largest absolute Gasteiger partial charge is 0.508 e. The molecule has 0 spiro atoms. The molecule has 0 saturated carbocycles. The molecule has 2 aliphatic rings. The number of H-pyrrole nitrogens is 1. The van der Waals surface area contributed by atoms with Gasteiger partial charge in [0.2, 0.25) is 41.4 Å². The minimum Gasteiger partial charge on any atom is -0.508 e. The van der Waals surface area contributed by atoms with Crippen LogP contribution in [0.25, 0.3) is 0 Å². The number of hydrogen-bond donors (Lipinski definition) is 12. The molecule has 0 unspecified atom stereocenters. The number of aromatic hydroxyl groups is 1. The third kappa shape index (κ3) is 17.2. The number of nitrogens with one attached hydrogen (secondary N) is 8. The number of carbonyl (C=O) groups excluding carboxylic acids is 7. The van der Waals surface area contributed by atoms with Gasteiger partial charge in [-0.3, -0.25) is 38.6 Å². The smallest absolute Gasteiger partial charge is 0.326 e. The molecule has 7 amide bonds. The van der Waals surface area contributed by atoms with E-state index in [4.69, 9.17) is 11.5 Å². The molecule has 0 aliphatic carbocycles. The van der Waals surface area contributed by atoms with Gasteiger partial charge in [-0.25, -0.2) is 9.78 Å². The van der Waals surface area contributed by atoms with Gasteiger partial charge in [-0.05, 0) is 69.2 Å². The van der Waals surface area contributed by atoms with E-state index < -0.39 is 89.6 Å². The van der Waals surface area contributed by atoms with Crippen molar-refractivity contribution in [3.05, 3.63) is 48.0 Å². The van der Waals surface area contributed by atoms with E-state index in [-0.39, 0.29) is 75.8 Å². The second-order valence-electron chi connectivity index (χ2n) is 16.6. The van der Waals surface area contributed by atoms with E-state index in [1.165, 1.54) is 51.1 Å². The van der Waals surface area contributed by atoms with Gasteiger partial charge in [-0.1, -0.05) is 54.0 Å². The van der Waals surface area contributed by atoms with Crippen molar-refractivity contribution in [3.8, 4) is 5.75 Å². The number of carboxylic acid groups (broad SMARTS) is 1. The van der Waals surface area contributed by atoms with E-state index >= 15 is 0 Å². The normalized spacial score (nSPS) is 20.8. The van der Waals surface area contributed by atoms with Crippen LogP contribution in [0.5, 0.6) is 5.75 Å². The standard InChI is InChI=1S/C43H65N13O10S2/c1-4-24(2)35(42(65)66)55-40(63)33-8-6-16-56(33)41(64)32(20-26-21-47-23-49-26)54-38(61)30-14-18-68-67-17-13-29(37(60)53-31(39(62)52-30)19-25-9-11-27(57)12-10-25)51-36(59)28(50-34(58)22-46-3)7-5-15-48-43(44)45/h9-12,21,23-24,28-33,35,46,57H,4-8,13-20,22H2,1-3H3,(H,47,49)(H,50,58)(H,51,59)(H,52,62)(H,53,60)(H,54,61)(H,55,63)(H,65,66)(H4,44,45,48)/t24-,28-,29-,30-,31-,32-,33-,35-/m0/s1. The first-order chi connectivity index (χ1) is 32.5. The molecule has 374 valence electrons. The Hall–Kier alpha value is -6.08. The van der Waals surface area contributed by atoms with Crippen LogP contribution in [0.15, 0.2) is 41.8 Å². The van der Waals surface area contributed by atoms with Gasteiger partial charge in [0.05, 0.1) is 12.9 Å². The summed E-state index contributed by atoms with van der Waals surface area (Å²) in [5, 5.41) is 38.9. The predicted molar refractivity (Wildman–Crippen MR) is 255 cm³/mol. The first-order valence-corrected chi connectivity index (χ1v) is 25.0. The van der Waals surface area contributed by atoms with Gasteiger partial charge in [0, 0.05) is 49.3 Å². The Morgan fingerprint density at radius 2 is 1.68 bits per heavy atom. The fraction of sp³-hybridized carbons (Fsp3) is 0.581. The number of imidazole rings is 1. The zero-order valence-electron chi connectivity index (χ0n) is 38.5. The summed E-state index contributed by atoms with van der Waals surface area (Å²) >= 11 is 0. The predicted octanol–water partition coefficient (Wildman–Crippen LogP) is -1.62. The average molecular weight is 988 g/mol. The number of rotatable bonds is 21. The Bertz CT molecular complexity index is 2060. The van der Waals surface area contributed by atoms with Crippen LogP contribution in [-0.4, -0.2) is 159 Å². The number of guanidine groups is 1. The Morgan fingerprint density at radius 3 is 2.32 bits per heavy atom. The van der Waals surface area contributed by atoms with Crippen molar-refractivity contribution in [2.45, 2.75) is 114 Å². The zero-order valence-corrected chi connectivity index (χ0v) is 40.1. The molecule has 2 fully saturated rings. The second-order valence-corrected chi connectivity index (χ2v) is 19.3. The molecule has 25 heteroatoms. The lowest BCUT2D eigenvalue weighted by Gasteiger charge is -2.31. The molecule has 2 saturated heterocycles. The summed E-state index contributed by atoms with van der Waals surface area (Å²) in [6.45, 7) is 3.81. The van der Waals surface area contributed by atoms with Crippen LogP contribution in [0.2, 0.25) is 0 Å². The molecular weight excluding hydrogens is 923 g/mol. The number of likely N-dealkylation sites (tertiary alicyclic amines) is 1. The second kappa shape index (κ2) is 27.7. The first kappa shape index (κ1) is 54.5. The zero-order chi connectivity index (χ0) is 49.8. The SMILES string of the molecule is CC[C@H](C)[C@H](NC(=O)[C@@H]1CCCN1C(=O)[C@H](Cc1cnc[nH]1)NC(=O)[C@@H]1CCSSCC[C@H](NC(=O)[C@H](CCCN=C(N)N)NC(=O)CNC)C(=O)N[C@@H](Cc2ccc(O)cc2)C(=O)N1)C(=O)O. The third-order valence-corrected chi connectivity index (χ3v) is 14.0. The third-order valence-electron chi connectivity index (χ3n) is 11.5. The first-order valence-electron chi connectivity index (χ1n) is 22.5. The number of amides is 7. The molecule has 1 aromatic carbocycles. The maximum atomic E-state index is 14.4. The molecule has 23 nitrogen and oxygen atoms in total. The number of aromatic nitrogens is 2. The Balaban J connectivity index is 1.59. The number of aliphatic imine (C=N–C) groups is 1. The number of carbonyl (C=O) groups is 8. The Labute approximate surface area is 402 Å². The molecule has 0 radical (unpaired) electrons. The Morgan fingerprint density at radius 1 is 0.956 bits per heavy atom. The highest BCUT2D eigenvalue weighted by Gasteiger charge is 2.41. The van der Waals surface area contributed by atoms with Crippen LogP contribution in [-0.2, 0) is 51.2 Å². The number of hydrogen-bond acceptors (Lipinski definition) is 14. The fourth-order valence-corrected chi connectivity index (χ4v) is 9.77. The number of phenols is 1. The monoisotopic (exact) mass is 987 g/mol. The maximum Gasteiger partial charge on any atom is 0.326 e. The van der Waals surface area contributed by atoms with Crippen LogP contribution >= 0.6 is 21.6 Å². The van der Waals surface area contributed by atoms with Crippen molar-refractivity contribution < 1.29 is 48.6 Å². The van der Waals surface area contributed by atoms with Crippen molar-refractivity contribution in [3.63, 3.8) is 0 Å². The molecule has 2 aromatic rings. The number of phenolic OH excluding ortho intramolecular Hbond substituents is 1. The Kier molecular flexibility index (Phi) is 22.2. The topological polar surface area (TPSA) is 358 Å². The summed E-state index contributed by atoms with van der Waals surface area (Å²) in [5.41, 5.74) is 11.9. The molecule has 1 aromatic heterocycles. The number of benzene rings is 1. The minimum absolute atomic E-state index is 0.0305. The van der Waals surface area contributed by atoms with Gasteiger partial charge in [-0.15, -0.1) is 0 Å². The summed E-state index contributed by atoms with van der Waals surface area (Å²) in [4.78, 5) is 122. The molecule has 0 bridgehead atoms. The van der Waals surface area contributed by atoms with E-state index in [0.717, 1.165) is 0 Å². The molecule has 4 rings (SSSR count). The van der Waals surface area contributed by atoms with Crippen molar-refractivity contribution in [1.82, 2.24) is 52.1 Å². The van der Waals surface area contributed by atoms with Crippen molar-refractivity contribution in [2.75, 3.05) is 38.2 Å². The van der Waals surface area contributed by atoms with Crippen LogP contribution in [0.1, 0.15) is 70.1 Å². The van der Waals surface area contributed by atoms with Crippen LogP contribution in [0.3, 0.4) is 0 Å². The molecule has 2 aliphatic heterocycles. The average Bonchev–Trinajstić information content (AvgIpc) is 4.02. The van der Waals surface area contributed by atoms with Gasteiger partial charge in [0.25, 0.3) is 0 Å². The number of likely N-dealkylation sites (N-methyl/N-ethyl adjacent to an activating group) is 1. The van der Waals surface area contributed by atoms with Crippen LogP contribution in [0.4, 0.5) is 0 Å². The lowest BCUT2D eigenvalue weighted by atomic mass is 9.98. The van der Waals surface area contributed by atoms with E-state index in [1.807, 2.05) is 6.92 Å².